The van der Waals surface area contributed by atoms with Crippen LogP contribution in [-0.2, 0) is 0 Å². The van der Waals surface area contributed by atoms with Crippen molar-refractivity contribution in [3.8, 4) is 0 Å². The third kappa shape index (κ3) is 1.79. The minimum absolute atomic E-state index is 0.0423. The lowest BCUT2D eigenvalue weighted by Gasteiger charge is -2.06. The number of carbonyl (C=O) groups is 1. The van der Waals surface area contributed by atoms with Crippen LogP contribution >= 0.6 is 0 Å². The molecule has 0 unspecified atom stereocenters. The molecule has 2 aromatic heterocycles. The average molecular weight is 246 g/mol. The molecular formula is C12H14N4O2. The Morgan fingerprint density at radius 3 is 2.94 bits per heavy atom. The van der Waals surface area contributed by atoms with Crippen LogP contribution in [0.25, 0.3) is 5.65 Å². The smallest absolute Gasteiger partial charge is 0.354 e. The van der Waals surface area contributed by atoms with Crippen LogP contribution in [0.2, 0.25) is 0 Å². The van der Waals surface area contributed by atoms with E-state index in [1.807, 2.05) is 13.0 Å². The number of nitrogens with zero attached hydrogens (tertiary/aromatic N) is 3. The van der Waals surface area contributed by atoms with Crippen LogP contribution < -0.4 is 5.32 Å². The van der Waals surface area contributed by atoms with Crippen LogP contribution in [0, 0.1) is 0 Å². The van der Waals surface area contributed by atoms with E-state index in [2.05, 4.69) is 15.4 Å². The lowest BCUT2D eigenvalue weighted by atomic mass is 10.3. The fourth-order valence-electron chi connectivity index (χ4n) is 1.99. The molecule has 6 nitrogen and oxygen atoms in total. The number of hydrogen-bond acceptors (Lipinski definition) is 4. The van der Waals surface area contributed by atoms with Crippen LogP contribution in [0.15, 0.2) is 12.1 Å². The van der Waals surface area contributed by atoms with Gasteiger partial charge in [0.15, 0.2) is 11.3 Å². The molecule has 0 atom stereocenters. The molecule has 0 saturated heterocycles. The quantitative estimate of drug-likeness (QED) is 0.858. The van der Waals surface area contributed by atoms with Gasteiger partial charge in [-0.3, -0.25) is 0 Å². The zero-order valence-electron chi connectivity index (χ0n) is 10.1. The molecule has 2 N–H and O–H groups in total. The summed E-state index contributed by atoms with van der Waals surface area (Å²) in [6.45, 7) is 2.66. The number of fused-ring (bicyclic) bond motifs is 1. The Kier molecular flexibility index (Phi) is 2.43. The Morgan fingerprint density at radius 1 is 1.56 bits per heavy atom. The van der Waals surface area contributed by atoms with Crippen LogP contribution in [0.3, 0.4) is 0 Å². The van der Waals surface area contributed by atoms with Gasteiger partial charge in [0.25, 0.3) is 0 Å². The number of carboxylic acid groups (broad SMARTS) is 1. The molecular weight excluding hydrogens is 232 g/mol. The zero-order chi connectivity index (χ0) is 12.7. The van der Waals surface area contributed by atoms with Crippen molar-refractivity contribution in [1.29, 1.82) is 0 Å². The molecule has 94 valence electrons. The van der Waals surface area contributed by atoms with E-state index in [0.717, 1.165) is 18.5 Å². The summed E-state index contributed by atoms with van der Waals surface area (Å²) in [5, 5.41) is 16.7. The molecule has 0 bridgehead atoms. The molecule has 0 aromatic carbocycles. The molecule has 2 aromatic rings. The van der Waals surface area contributed by atoms with Crippen molar-refractivity contribution in [3.63, 3.8) is 0 Å². The molecule has 0 aliphatic heterocycles. The van der Waals surface area contributed by atoms with Crippen molar-refractivity contribution < 1.29 is 9.90 Å². The van der Waals surface area contributed by atoms with E-state index in [1.54, 1.807) is 4.52 Å². The number of carboxylic acids is 1. The van der Waals surface area contributed by atoms with Crippen LogP contribution in [0.5, 0.6) is 0 Å². The number of anilines is 1. The van der Waals surface area contributed by atoms with Gasteiger partial charge in [-0.2, -0.15) is 9.61 Å². The normalized spacial score (nSPS) is 14.9. The number of nitrogens with one attached hydrogen (secondary N) is 1. The van der Waals surface area contributed by atoms with Crippen LogP contribution in [0.4, 0.5) is 5.82 Å². The summed E-state index contributed by atoms with van der Waals surface area (Å²) in [7, 11) is 0. The maximum absolute atomic E-state index is 11.0. The van der Waals surface area contributed by atoms with E-state index >= 15 is 0 Å². The first-order chi connectivity index (χ1) is 8.69. The summed E-state index contributed by atoms with van der Waals surface area (Å²) >= 11 is 0. The van der Waals surface area contributed by atoms with Gasteiger partial charge in [0.05, 0.1) is 5.69 Å². The monoisotopic (exact) mass is 246 g/mol. The van der Waals surface area contributed by atoms with Crippen molar-refractivity contribution in [2.75, 3.05) is 11.9 Å². The van der Waals surface area contributed by atoms with E-state index in [9.17, 15) is 4.79 Å². The van der Waals surface area contributed by atoms with E-state index in [1.165, 1.54) is 6.07 Å². The molecule has 6 heteroatoms. The average Bonchev–Trinajstić information content (AvgIpc) is 3.09. The molecule has 1 saturated carbocycles. The summed E-state index contributed by atoms with van der Waals surface area (Å²) < 4.78 is 1.68. The van der Waals surface area contributed by atoms with Crippen molar-refractivity contribution in [2.24, 2.45) is 0 Å². The summed E-state index contributed by atoms with van der Waals surface area (Å²) in [5.41, 5.74) is 1.64. The highest BCUT2D eigenvalue weighted by atomic mass is 16.4. The van der Waals surface area contributed by atoms with Gasteiger partial charge >= 0.3 is 5.97 Å². The first-order valence-corrected chi connectivity index (χ1v) is 6.07. The van der Waals surface area contributed by atoms with Crippen molar-refractivity contribution in [1.82, 2.24) is 14.6 Å². The summed E-state index contributed by atoms with van der Waals surface area (Å²) in [4.78, 5) is 15.1. The van der Waals surface area contributed by atoms with Gasteiger partial charge in [0, 0.05) is 24.6 Å². The minimum atomic E-state index is -1.02. The Balaban J connectivity index is 2.16. The lowest BCUT2D eigenvalue weighted by molar-refractivity contribution is 0.0690. The highest BCUT2D eigenvalue weighted by Gasteiger charge is 2.27. The molecule has 1 aliphatic carbocycles. The Labute approximate surface area is 104 Å². The van der Waals surface area contributed by atoms with Crippen molar-refractivity contribution >= 4 is 17.4 Å². The van der Waals surface area contributed by atoms with Crippen molar-refractivity contribution in [2.45, 2.75) is 25.7 Å². The predicted molar refractivity (Wildman–Crippen MR) is 66.1 cm³/mol. The van der Waals surface area contributed by atoms with Crippen LogP contribution in [-0.4, -0.2) is 32.2 Å². The second-order valence-corrected chi connectivity index (χ2v) is 4.48. The van der Waals surface area contributed by atoms with Crippen LogP contribution in [0.1, 0.15) is 41.9 Å². The Morgan fingerprint density at radius 2 is 2.33 bits per heavy atom. The molecule has 0 radical (unpaired) electrons. The zero-order valence-corrected chi connectivity index (χ0v) is 10.1. The molecule has 1 fully saturated rings. The molecule has 3 rings (SSSR count). The third-order valence-electron chi connectivity index (χ3n) is 3.02. The Bertz CT molecular complexity index is 616. The first-order valence-electron chi connectivity index (χ1n) is 6.07. The Hall–Kier alpha value is -2.11. The molecule has 1 aliphatic rings. The second-order valence-electron chi connectivity index (χ2n) is 4.48. The van der Waals surface area contributed by atoms with Gasteiger partial charge in [-0.05, 0) is 19.8 Å². The largest absolute Gasteiger partial charge is 0.477 e. The SMILES string of the molecule is CCNc1cc(C(=O)O)nc2cc(C3CC3)nn12. The van der Waals surface area contributed by atoms with Gasteiger partial charge in [0.2, 0.25) is 0 Å². The third-order valence-corrected chi connectivity index (χ3v) is 3.02. The minimum Gasteiger partial charge on any atom is -0.477 e. The lowest BCUT2D eigenvalue weighted by Crippen LogP contribution is -2.09. The summed E-state index contributed by atoms with van der Waals surface area (Å²) in [5.74, 6) is 0.173. The number of aromatic nitrogens is 3. The topological polar surface area (TPSA) is 79.5 Å². The molecule has 18 heavy (non-hydrogen) atoms. The second kappa shape index (κ2) is 3.97. The fourth-order valence-corrected chi connectivity index (χ4v) is 1.99. The van der Waals surface area contributed by atoms with Gasteiger partial charge in [-0.15, -0.1) is 0 Å². The van der Waals surface area contributed by atoms with Gasteiger partial charge in [0.1, 0.15) is 5.82 Å². The maximum Gasteiger partial charge on any atom is 0.354 e. The number of rotatable bonds is 4. The molecule has 2 heterocycles. The standard InChI is InChI=1S/C12H14N4O2/c1-2-13-10-6-9(12(17)18)14-11-5-8(7-3-4-7)15-16(10)11/h5-7,13H,2-4H2,1H3,(H,17,18). The van der Waals surface area contributed by atoms with Gasteiger partial charge in [-0.1, -0.05) is 0 Å². The molecule has 0 amide bonds. The predicted octanol–water partition coefficient (Wildman–Crippen LogP) is 1.74. The van der Waals surface area contributed by atoms with Crippen molar-refractivity contribution in [3.05, 3.63) is 23.5 Å². The number of hydrogen-bond donors (Lipinski definition) is 2. The summed E-state index contributed by atoms with van der Waals surface area (Å²) in [6, 6.07) is 3.40. The first kappa shape index (κ1) is 11.0. The van der Waals surface area contributed by atoms with Gasteiger partial charge in [-0.25, -0.2) is 9.78 Å². The maximum atomic E-state index is 11.0. The van der Waals surface area contributed by atoms with E-state index in [0.29, 0.717) is 23.9 Å². The highest BCUT2D eigenvalue weighted by Crippen LogP contribution is 2.39. The highest BCUT2D eigenvalue weighted by molar-refractivity contribution is 5.87. The van der Waals surface area contributed by atoms with E-state index < -0.39 is 5.97 Å². The summed E-state index contributed by atoms with van der Waals surface area (Å²) in [6.07, 6.45) is 2.32. The van der Waals surface area contributed by atoms with E-state index in [-0.39, 0.29) is 5.69 Å². The number of aromatic carboxylic acids is 1. The fraction of sp³-hybridized carbons (Fsp3) is 0.417. The van der Waals surface area contributed by atoms with Gasteiger partial charge < -0.3 is 10.4 Å². The molecule has 0 spiro atoms. The van der Waals surface area contributed by atoms with E-state index in [4.69, 9.17) is 5.11 Å².